The van der Waals surface area contributed by atoms with Crippen LogP contribution >= 0.6 is 0 Å². The van der Waals surface area contributed by atoms with E-state index in [0.717, 1.165) is 6.42 Å². The molecule has 0 unspecified atom stereocenters. The van der Waals surface area contributed by atoms with Gasteiger partial charge >= 0.3 is 6.03 Å². The second-order valence-electron chi connectivity index (χ2n) is 7.18. The lowest BCUT2D eigenvalue weighted by molar-refractivity contribution is -0.129. The number of benzene rings is 1. The van der Waals surface area contributed by atoms with Gasteiger partial charge in [0.1, 0.15) is 0 Å². The minimum atomic E-state index is -0.406. The summed E-state index contributed by atoms with van der Waals surface area (Å²) >= 11 is 0. The Balaban J connectivity index is 2.04. The zero-order valence-corrected chi connectivity index (χ0v) is 15.8. The molecule has 0 spiro atoms. The van der Waals surface area contributed by atoms with Crippen LogP contribution in [0.4, 0.5) is 4.79 Å². The Morgan fingerprint density at radius 2 is 1.92 bits per heavy atom. The van der Waals surface area contributed by atoms with Gasteiger partial charge in [-0.15, -0.1) is 0 Å². The highest BCUT2D eigenvalue weighted by molar-refractivity contribution is 5.98. The Morgan fingerprint density at radius 1 is 1.24 bits per heavy atom. The van der Waals surface area contributed by atoms with Crippen LogP contribution in [0.3, 0.4) is 0 Å². The number of carbonyl (C=O) groups is 2. The summed E-state index contributed by atoms with van der Waals surface area (Å²) in [4.78, 5) is 25.5. The Bertz CT molecular complexity index is 583. The van der Waals surface area contributed by atoms with E-state index in [2.05, 4.69) is 55.7 Å². The van der Waals surface area contributed by atoms with Crippen LogP contribution in [0.5, 0.6) is 0 Å². The second kappa shape index (κ2) is 8.99. The minimum absolute atomic E-state index is 0.0739. The van der Waals surface area contributed by atoms with E-state index in [9.17, 15) is 9.59 Å². The maximum absolute atomic E-state index is 12.5. The molecule has 1 saturated heterocycles. The van der Waals surface area contributed by atoms with Crippen molar-refractivity contribution in [3.8, 4) is 0 Å². The maximum atomic E-state index is 12.5. The van der Waals surface area contributed by atoms with Gasteiger partial charge in [-0.05, 0) is 36.8 Å². The fourth-order valence-corrected chi connectivity index (χ4v) is 3.20. The molecule has 0 bridgehead atoms. The van der Waals surface area contributed by atoms with Crippen molar-refractivity contribution in [2.45, 2.75) is 59.0 Å². The van der Waals surface area contributed by atoms with Gasteiger partial charge < -0.3 is 5.32 Å². The largest absolute Gasteiger partial charge is 0.336 e. The lowest BCUT2D eigenvalue weighted by Gasteiger charge is -2.28. The Hall–Kier alpha value is -1.88. The Kier molecular flexibility index (Phi) is 7.00. The van der Waals surface area contributed by atoms with Gasteiger partial charge in [-0.2, -0.15) is 0 Å². The molecule has 25 heavy (non-hydrogen) atoms. The molecule has 1 aromatic carbocycles. The van der Waals surface area contributed by atoms with Gasteiger partial charge in [0.2, 0.25) is 5.91 Å². The molecule has 0 aromatic heterocycles. The topological polar surface area (TPSA) is 61.4 Å². The first kappa shape index (κ1) is 19.4. The van der Waals surface area contributed by atoms with Gasteiger partial charge in [-0.1, -0.05) is 51.5 Å². The van der Waals surface area contributed by atoms with Crippen LogP contribution in [0, 0.1) is 5.92 Å². The molecule has 3 amide bonds. The number of imide groups is 1. The molecule has 138 valence electrons. The summed E-state index contributed by atoms with van der Waals surface area (Å²) in [5, 5.41) is 6.10. The number of nitrogens with one attached hydrogen (secondary N) is 2. The average molecular weight is 345 g/mol. The third-order valence-electron chi connectivity index (χ3n) is 4.75. The number of hydrogen-bond donors (Lipinski definition) is 2. The molecule has 5 nitrogen and oxygen atoms in total. The van der Waals surface area contributed by atoms with Crippen molar-refractivity contribution < 1.29 is 9.59 Å². The lowest BCUT2D eigenvalue weighted by Crippen LogP contribution is -2.47. The SMILES string of the molecule is CCCCc1ccc([C@@H](N[C@H](C)C(=O)N2CCNC2=O)C(C)C)cc1. The molecule has 1 aliphatic rings. The monoisotopic (exact) mass is 345 g/mol. The number of rotatable bonds is 8. The summed E-state index contributed by atoms with van der Waals surface area (Å²) in [7, 11) is 0. The van der Waals surface area contributed by atoms with E-state index in [1.54, 1.807) is 0 Å². The molecule has 0 radical (unpaired) electrons. The van der Waals surface area contributed by atoms with Gasteiger partial charge in [-0.3, -0.25) is 15.0 Å². The first-order valence-corrected chi connectivity index (χ1v) is 9.38. The first-order chi connectivity index (χ1) is 11.9. The summed E-state index contributed by atoms with van der Waals surface area (Å²) in [6, 6.07) is 8.05. The zero-order chi connectivity index (χ0) is 18.4. The van der Waals surface area contributed by atoms with Gasteiger partial charge in [0, 0.05) is 19.1 Å². The fraction of sp³-hybridized carbons (Fsp3) is 0.600. The van der Waals surface area contributed by atoms with Crippen LogP contribution in [-0.4, -0.2) is 36.0 Å². The van der Waals surface area contributed by atoms with E-state index in [0.29, 0.717) is 19.0 Å². The predicted molar refractivity (Wildman–Crippen MR) is 100 cm³/mol. The molecule has 5 heteroatoms. The number of aryl methyl sites for hydroxylation is 1. The Morgan fingerprint density at radius 3 is 2.44 bits per heavy atom. The van der Waals surface area contributed by atoms with E-state index in [1.165, 1.54) is 28.9 Å². The maximum Gasteiger partial charge on any atom is 0.324 e. The lowest BCUT2D eigenvalue weighted by atomic mass is 9.93. The van der Waals surface area contributed by atoms with Crippen LogP contribution < -0.4 is 10.6 Å². The molecule has 2 rings (SSSR count). The molecule has 1 aliphatic heterocycles. The van der Waals surface area contributed by atoms with Crippen LogP contribution in [0.2, 0.25) is 0 Å². The van der Waals surface area contributed by atoms with E-state index in [1.807, 2.05) is 6.92 Å². The number of nitrogens with zero attached hydrogens (tertiary/aromatic N) is 1. The molecule has 1 fully saturated rings. The van der Waals surface area contributed by atoms with E-state index in [-0.39, 0.29) is 18.0 Å². The van der Waals surface area contributed by atoms with Crippen molar-refractivity contribution in [1.29, 1.82) is 0 Å². The van der Waals surface area contributed by atoms with Crippen molar-refractivity contribution in [3.05, 3.63) is 35.4 Å². The molecule has 2 N–H and O–H groups in total. The van der Waals surface area contributed by atoms with Crippen molar-refractivity contribution >= 4 is 11.9 Å². The number of urea groups is 1. The molecule has 0 saturated carbocycles. The van der Waals surface area contributed by atoms with Gasteiger partial charge in [0.15, 0.2) is 0 Å². The summed E-state index contributed by atoms with van der Waals surface area (Å²) in [6.07, 6.45) is 3.51. The van der Waals surface area contributed by atoms with Gasteiger partial charge in [0.25, 0.3) is 0 Å². The third kappa shape index (κ3) is 5.05. The molecular weight excluding hydrogens is 314 g/mol. The van der Waals surface area contributed by atoms with Crippen LogP contribution in [0.15, 0.2) is 24.3 Å². The number of amides is 3. The van der Waals surface area contributed by atoms with Crippen molar-refractivity contribution in [1.82, 2.24) is 15.5 Å². The molecule has 2 atom stereocenters. The summed E-state index contributed by atoms with van der Waals surface area (Å²) in [6.45, 7) is 9.29. The predicted octanol–water partition coefficient (Wildman–Crippen LogP) is 3.26. The minimum Gasteiger partial charge on any atom is -0.336 e. The molecular formula is C20H31N3O2. The smallest absolute Gasteiger partial charge is 0.324 e. The Labute approximate surface area is 151 Å². The summed E-state index contributed by atoms with van der Waals surface area (Å²) in [5.74, 6) is 0.171. The number of hydrogen-bond acceptors (Lipinski definition) is 3. The van der Waals surface area contributed by atoms with Gasteiger partial charge in [0.05, 0.1) is 6.04 Å². The van der Waals surface area contributed by atoms with Crippen LogP contribution in [0.1, 0.15) is 57.7 Å². The third-order valence-corrected chi connectivity index (χ3v) is 4.75. The highest BCUT2D eigenvalue weighted by Gasteiger charge is 2.31. The molecule has 0 aliphatic carbocycles. The van der Waals surface area contributed by atoms with Crippen LogP contribution in [-0.2, 0) is 11.2 Å². The van der Waals surface area contributed by atoms with Crippen molar-refractivity contribution in [2.24, 2.45) is 5.92 Å². The van der Waals surface area contributed by atoms with E-state index in [4.69, 9.17) is 0 Å². The highest BCUT2D eigenvalue weighted by Crippen LogP contribution is 2.23. The molecule has 1 heterocycles. The first-order valence-electron chi connectivity index (χ1n) is 9.38. The van der Waals surface area contributed by atoms with Crippen LogP contribution in [0.25, 0.3) is 0 Å². The van der Waals surface area contributed by atoms with Crippen molar-refractivity contribution in [2.75, 3.05) is 13.1 Å². The normalized spacial score (nSPS) is 16.8. The zero-order valence-electron chi connectivity index (χ0n) is 15.8. The average Bonchev–Trinajstić information content (AvgIpc) is 3.03. The number of unbranched alkanes of at least 4 members (excludes halogenated alkanes) is 1. The highest BCUT2D eigenvalue weighted by atomic mass is 16.2. The summed E-state index contributed by atoms with van der Waals surface area (Å²) in [5.41, 5.74) is 2.53. The molecule has 1 aromatic rings. The quantitative estimate of drug-likeness (QED) is 0.760. The number of carbonyl (C=O) groups excluding carboxylic acids is 2. The van der Waals surface area contributed by atoms with Gasteiger partial charge in [-0.25, -0.2) is 4.79 Å². The van der Waals surface area contributed by atoms with Crippen molar-refractivity contribution in [3.63, 3.8) is 0 Å². The van der Waals surface area contributed by atoms with E-state index >= 15 is 0 Å². The second-order valence-corrected chi connectivity index (χ2v) is 7.18. The standard InChI is InChI=1S/C20H31N3O2/c1-5-6-7-16-8-10-17(11-9-16)18(14(2)3)22-15(4)19(24)23-13-12-21-20(23)25/h8-11,14-15,18,22H,5-7,12-13H2,1-4H3,(H,21,25)/t15-,18+/m1/s1. The van der Waals surface area contributed by atoms with E-state index < -0.39 is 6.04 Å². The summed E-state index contributed by atoms with van der Waals surface area (Å²) < 4.78 is 0. The fourth-order valence-electron chi connectivity index (χ4n) is 3.20.